The molecular weight excluding hydrogens is 388 g/mol. The Hall–Kier alpha value is -3.52. The highest BCUT2D eigenvalue weighted by Crippen LogP contribution is 2.25. The number of nitrogens with zero attached hydrogens (tertiary/aromatic N) is 2. The number of pyridine rings is 1. The maximum atomic E-state index is 12.6. The van der Waals surface area contributed by atoms with E-state index in [1.54, 1.807) is 19.1 Å². The summed E-state index contributed by atoms with van der Waals surface area (Å²) in [5.74, 6) is -0.787. The Bertz CT molecular complexity index is 1260. The number of nitrogens with one attached hydrogen (secondary N) is 2. The average molecular weight is 406 g/mol. The molecule has 2 aromatic carbocycles. The number of hydrogen-bond acceptors (Lipinski definition) is 5. The van der Waals surface area contributed by atoms with Crippen LogP contribution in [-0.2, 0) is 16.1 Å². The van der Waals surface area contributed by atoms with Crippen molar-refractivity contribution < 1.29 is 9.59 Å². The van der Waals surface area contributed by atoms with Crippen molar-refractivity contribution >= 4 is 49.3 Å². The van der Waals surface area contributed by atoms with Crippen molar-refractivity contribution in [3.05, 3.63) is 70.6 Å². The summed E-state index contributed by atoms with van der Waals surface area (Å²) in [7, 11) is 0. The number of aryl methyl sites for hydroxylation is 1. The first-order valence-corrected chi connectivity index (χ1v) is 9.84. The van der Waals surface area contributed by atoms with Gasteiger partial charge < -0.3 is 15.2 Å². The van der Waals surface area contributed by atoms with Crippen LogP contribution in [0.1, 0.15) is 5.69 Å². The van der Waals surface area contributed by atoms with Crippen molar-refractivity contribution in [2.45, 2.75) is 13.5 Å². The number of carbonyl (C=O) groups excluding carboxylic acids is 2. The molecule has 4 rings (SSSR count). The molecule has 0 aliphatic heterocycles. The van der Waals surface area contributed by atoms with Crippen molar-refractivity contribution in [1.82, 2.24) is 14.9 Å². The summed E-state index contributed by atoms with van der Waals surface area (Å²) in [4.78, 5) is 41.4. The molecule has 0 fully saturated rings. The van der Waals surface area contributed by atoms with Gasteiger partial charge in [-0.2, -0.15) is 0 Å². The molecule has 0 saturated heterocycles. The minimum Gasteiger partial charge on any atom is -0.345 e. The molecule has 2 amide bonds. The number of hydrogen-bond donors (Lipinski definition) is 2. The molecule has 146 valence electrons. The van der Waals surface area contributed by atoms with E-state index in [9.17, 15) is 14.4 Å². The van der Waals surface area contributed by atoms with Gasteiger partial charge in [0.15, 0.2) is 5.13 Å². The van der Waals surface area contributed by atoms with E-state index in [2.05, 4.69) is 15.6 Å². The van der Waals surface area contributed by atoms with Gasteiger partial charge in [0.1, 0.15) is 6.54 Å². The molecule has 0 atom stereocenters. The Morgan fingerprint density at radius 2 is 1.83 bits per heavy atom. The number of aromatic nitrogens is 2. The van der Waals surface area contributed by atoms with Gasteiger partial charge in [-0.1, -0.05) is 41.7 Å². The minimum absolute atomic E-state index is 0.149. The zero-order valence-electron chi connectivity index (χ0n) is 15.6. The first-order valence-electron chi connectivity index (χ1n) is 9.02. The largest absolute Gasteiger partial charge is 0.345 e. The molecule has 0 bridgehead atoms. The normalized spacial score (nSPS) is 10.9. The Balaban J connectivity index is 1.39. The molecule has 0 radical (unpaired) electrons. The standard InChI is InChI=1S/C21H18N4O3S/c1-13-10-14-6-2-3-7-15(14)20(28)25(13)12-19(27)22-11-18(26)24-21-23-16-8-4-5-9-17(16)29-21/h2-10H,11-12H2,1H3,(H,22,27)(H,23,24,26). The Kier molecular flexibility index (Phi) is 5.09. The third-order valence-corrected chi connectivity index (χ3v) is 5.47. The van der Waals surface area contributed by atoms with Crippen LogP contribution in [0.3, 0.4) is 0 Å². The third kappa shape index (κ3) is 4.02. The molecular formula is C21H18N4O3S. The minimum atomic E-state index is -0.412. The number of para-hydroxylation sites is 1. The van der Waals surface area contributed by atoms with Crippen LogP contribution >= 0.6 is 11.3 Å². The molecule has 2 N–H and O–H groups in total. The summed E-state index contributed by atoms with van der Waals surface area (Å²) in [6, 6.07) is 16.7. The van der Waals surface area contributed by atoms with Crippen LogP contribution in [0.25, 0.3) is 21.0 Å². The fourth-order valence-electron chi connectivity index (χ4n) is 3.09. The van der Waals surface area contributed by atoms with E-state index in [4.69, 9.17) is 0 Å². The van der Waals surface area contributed by atoms with Crippen LogP contribution in [0.15, 0.2) is 59.4 Å². The summed E-state index contributed by atoms with van der Waals surface area (Å²) >= 11 is 1.37. The SMILES string of the molecule is Cc1cc2ccccc2c(=O)n1CC(=O)NCC(=O)Nc1nc2ccccc2s1. The van der Waals surface area contributed by atoms with Crippen LogP contribution in [0.5, 0.6) is 0 Å². The van der Waals surface area contributed by atoms with Crippen LogP contribution in [0.2, 0.25) is 0 Å². The number of anilines is 1. The molecule has 7 nitrogen and oxygen atoms in total. The predicted octanol–water partition coefficient (Wildman–Crippen LogP) is 2.67. The average Bonchev–Trinajstić information content (AvgIpc) is 3.12. The van der Waals surface area contributed by atoms with E-state index in [1.165, 1.54) is 15.9 Å². The monoisotopic (exact) mass is 406 g/mol. The number of benzene rings is 2. The van der Waals surface area contributed by atoms with Gasteiger partial charge in [-0.15, -0.1) is 0 Å². The van der Waals surface area contributed by atoms with Gasteiger partial charge in [-0.25, -0.2) is 4.98 Å². The van der Waals surface area contributed by atoms with Gasteiger partial charge in [0, 0.05) is 11.1 Å². The zero-order valence-corrected chi connectivity index (χ0v) is 16.5. The molecule has 0 spiro atoms. The summed E-state index contributed by atoms with van der Waals surface area (Å²) in [5.41, 5.74) is 1.26. The van der Waals surface area contributed by atoms with Crippen LogP contribution < -0.4 is 16.2 Å². The van der Waals surface area contributed by atoms with Crippen molar-refractivity contribution in [3.8, 4) is 0 Å². The van der Waals surface area contributed by atoms with Crippen LogP contribution in [0.4, 0.5) is 5.13 Å². The zero-order chi connectivity index (χ0) is 20.4. The summed E-state index contributed by atoms with van der Waals surface area (Å²) < 4.78 is 2.38. The predicted molar refractivity (Wildman–Crippen MR) is 114 cm³/mol. The Labute approximate surface area is 170 Å². The van der Waals surface area contributed by atoms with Gasteiger partial charge in [0.25, 0.3) is 5.56 Å². The van der Waals surface area contributed by atoms with E-state index in [-0.39, 0.29) is 24.6 Å². The molecule has 0 aliphatic rings. The number of amides is 2. The lowest BCUT2D eigenvalue weighted by Gasteiger charge is -2.11. The molecule has 2 aromatic heterocycles. The van der Waals surface area contributed by atoms with Gasteiger partial charge >= 0.3 is 0 Å². The second-order valence-corrected chi connectivity index (χ2v) is 7.61. The van der Waals surface area contributed by atoms with Crippen LogP contribution in [-0.4, -0.2) is 27.9 Å². The quantitative estimate of drug-likeness (QED) is 0.533. The second kappa shape index (κ2) is 7.84. The maximum absolute atomic E-state index is 12.6. The van der Waals surface area contributed by atoms with E-state index < -0.39 is 5.91 Å². The number of fused-ring (bicyclic) bond motifs is 2. The summed E-state index contributed by atoms with van der Waals surface area (Å²) in [6.45, 7) is 1.43. The van der Waals surface area contributed by atoms with Crippen molar-refractivity contribution in [2.75, 3.05) is 11.9 Å². The Morgan fingerprint density at radius 3 is 2.66 bits per heavy atom. The van der Waals surface area contributed by atoms with Gasteiger partial charge in [-0.05, 0) is 36.6 Å². The summed E-state index contributed by atoms with van der Waals surface area (Å²) in [6.07, 6.45) is 0. The Morgan fingerprint density at radius 1 is 1.07 bits per heavy atom. The number of carbonyl (C=O) groups is 2. The fourth-order valence-corrected chi connectivity index (χ4v) is 3.97. The fraction of sp³-hybridized carbons (Fsp3) is 0.143. The molecule has 2 heterocycles. The molecule has 8 heteroatoms. The summed E-state index contributed by atoms with van der Waals surface area (Å²) in [5, 5.41) is 7.11. The van der Waals surface area contributed by atoms with Gasteiger partial charge in [-0.3, -0.25) is 14.4 Å². The lowest BCUT2D eigenvalue weighted by atomic mass is 10.1. The highest BCUT2D eigenvalue weighted by molar-refractivity contribution is 7.22. The van der Waals surface area contributed by atoms with E-state index in [0.29, 0.717) is 16.2 Å². The van der Waals surface area contributed by atoms with Crippen LogP contribution in [0, 0.1) is 6.92 Å². The topological polar surface area (TPSA) is 93.1 Å². The highest BCUT2D eigenvalue weighted by atomic mass is 32.1. The highest BCUT2D eigenvalue weighted by Gasteiger charge is 2.12. The van der Waals surface area contributed by atoms with Crippen molar-refractivity contribution in [3.63, 3.8) is 0 Å². The van der Waals surface area contributed by atoms with E-state index in [0.717, 1.165) is 15.6 Å². The first kappa shape index (κ1) is 18.8. The molecule has 0 unspecified atom stereocenters. The van der Waals surface area contributed by atoms with Crippen molar-refractivity contribution in [2.24, 2.45) is 0 Å². The van der Waals surface area contributed by atoms with Gasteiger partial charge in [0.2, 0.25) is 11.8 Å². The lowest BCUT2D eigenvalue weighted by molar-refractivity contribution is -0.124. The van der Waals surface area contributed by atoms with E-state index in [1.807, 2.05) is 42.5 Å². The van der Waals surface area contributed by atoms with E-state index >= 15 is 0 Å². The van der Waals surface area contributed by atoms with Gasteiger partial charge in [0.05, 0.1) is 16.8 Å². The molecule has 4 aromatic rings. The first-order chi connectivity index (χ1) is 14.0. The smallest absolute Gasteiger partial charge is 0.259 e. The maximum Gasteiger partial charge on any atom is 0.259 e. The molecule has 0 saturated carbocycles. The van der Waals surface area contributed by atoms with Crippen molar-refractivity contribution in [1.29, 1.82) is 0 Å². The number of rotatable bonds is 5. The molecule has 0 aliphatic carbocycles. The number of thiazole rings is 1. The second-order valence-electron chi connectivity index (χ2n) is 6.58. The molecule has 29 heavy (non-hydrogen) atoms. The third-order valence-electron chi connectivity index (χ3n) is 4.51. The lowest BCUT2D eigenvalue weighted by Crippen LogP contribution is -2.37.